The highest BCUT2D eigenvalue weighted by Gasteiger charge is 2.25. The summed E-state index contributed by atoms with van der Waals surface area (Å²) in [4.78, 5) is 0. The number of hydrogen-bond donors (Lipinski definition) is 1. The van der Waals surface area contributed by atoms with Crippen LogP contribution in [0.5, 0.6) is 0 Å². The van der Waals surface area contributed by atoms with Crippen LogP contribution in [0.4, 0.5) is 0 Å². The van der Waals surface area contributed by atoms with Crippen LogP contribution in [0, 0.1) is 32.6 Å². The van der Waals surface area contributed by atoms with Gasteiger partial charge in [-0.05, 0) is 68.8 Å². The molecule has 0 saturated heterocycles. The first-order valence-electron chi connectivity index (χ1n) is 8.39. The van der Waals surface area contributed by atoms with Gasteiger partial charge in [0.2, 0.25) is 0 Å². The molecule has 1 aliphatic carbocycles. The first-order valence-corrected chi connectivity index (χ1v) is 8.39. The number of rotatable bonds is 6. The summed E-state index contributed by atoms with van der Waals surface area (Å²) in [5.74, 6) is 1.76. The Morgan fingerprint density at radius 1 is 1.10 bits per heavy atom. The lowest BCUT2D eigenvalue weighted by Gasteiger charge is -2.25. The van der Waals surface area contributed by atoms with E-state index < -0.39 is 0 Å². The molecule has 1 N–H and O–H groups in total. The second-order valence-corrected chi connectivity index (χ2v) is 6.69. The number of nitrogens with one attached hydrogen (secondary N) is 1. The monoisotopic (exact) mass is 273 g/mol. The van der Waals surface area contributed by atoms with Crippen LogP contribution >= 0.6 is 0 Å². The van der Waals surface area contributed by atoms with Gasteiger partial charge < -0.3 is 5.32 Å². The summed E-state index contributed by atoms with van der Waals surface area (Å²) in [6, 6.07) is 4.70. The molecule has 0 radical (unpaired) electrons. The molecule has 0 aromatic heterocycles. The molecule has 0 heterocycles. The number of aryl methyl sites for hydroxylation is 3. The Kier molecular flexibility index (Phi) is 5.65. The number of benzene rings is 1. The standard InChI is InChI=1S/C19H31N/c1-5-20-13-18(17-8-6-7-9-17)12-19-15(3)10-14(2)11-16(19)4/h10-11,17-18,20H,5-9,12-13H2,1-4H3. The van der Waals surface area contributed by atoms with Crippen molar-refractivity contribution in [1.29, 1.82) is 0 Å². The highest BCUT2D eigenvalue weighted by molar-refractivity contribution is 5.37. The van der Waals surface area contributed by atoms with E-state index in [-0.39, 0.29) is 0 Å². The predicted octanol–water partition coefficient (Wildman–Crippen LogP) is 4.57. The van der Waals surface area contributed by atoms with Crippen molar-refractivity contribution >= 4 is 0 Å². The molecule has 1 saturated carbocycles. The third-order valence-electron chi connectivity index (χ3n) is 5.03. The van der Waals surface area contributed by atoms with E-state index in [1.807, 2.05) is 0 Å². The lowest BCUT2D eigenvalue weighted by molar-refractivity contribution is 0.322. The van der Waals surface area contributed by atoms with Gasteiger partial charge in [-0.2, -0.15) is 0 Å². The largest absolute Gasteiger partial charge is 0.317 e. The van der Waals surface area contributed by atoms with Crippen LogP contribution in [-0.2, 0) is 6.42 Å². The Hall–Kier alpha value is -0.820. The first-order chi connectivity index (χ1) is 9.61. The van der Waals surface area contributed by atoms with Crippen LogP contribution in [0.1, 0.15) is 54.9 Å². The molecular formula is C19H31N. The third-order valence-corrected chi connectivity index (χ3v) is 5.03. The molecule has 20 heavy (non-hydrogen) atoms. The molecule has 112 valence electrons. The van der Waals surface area contributed by atoms with Gasteiger partial charge >= 0.3 is 0 Å². The minimum absolute atomic E-state index is 0.817. The van der Waals surface area contributed by atoms with Crippen LogP contribution in [0.15, 0.2) is 12.1 Å². The Morgan fingerprint density at radius 2 is 1.70 bits per heavy atom. The molecule has 1 aromatic carbocycles. The highest BCUT2D eigenvalue weighted by atomic mass is 14.8. The quantitative estimate of drug-likeness (QED) is 0.800. The molecule has 0 spiro atoms. The second kappa shape index (κ2) is 7.26. The van der Waals surface area contributed by atoms with Crippen molar-refractivity contribution in [2.75, 3.05) is 13.1 Å². The zero-order chi connectivity index (χ0) is 14.5. The van der Waals surface area contributed by atoms with Gasteiger partial charge in [-0.15, -0.1) is 0 Å². The summed E-state index contributed by atoms with van der Waals surface area (Å²) < 4.78 is 0. The van der Waals surface area contributed by atoms with E-state index in [2.05, 4.69) is 45.1 Å². The SMILES string of the molecule is CCNCC(Cc1c(C)cc(C)cc1C)C1CCCC1. The van der Waals surface area contributed by atoms with Crippen molar-refractivity contribution in [2.45, 2.75) is 59.8 Å². The van der Waals surface area contributed by atoms with Crippen molar-refractivity contribution in [3.05, 3.63) is 34.4 Å². The van der Waals surface area contributed by atoms with Crippen molar-refractivity contribution in [3.8, 4) is 0 Å². The van der Waals surface area contributed by atoms with E-state index in [0.29, 0.717) is 0 Å². The fourth-order valence-electron chi connectivity index (χ4n) is 3.96. The average molecular weight is 273 g/mol. The molecule has 0 aliphatic heterocycles. The van der Waals surface area contributed by atoms with E-state index in [1.165, 1.54) is 55.3 Å². The van der Waals surface area contributed by atoms with Gasteiger partial charge in [0.25, 0.3) is 0 Å². The van der Waals surface area contributed by atoms with Gasteiger partial charge in [0.1, 0.15) is 0 Å². The Labute approximate surface area is 125 Å². The molecule has 1 aromatic rings. The van der Waals surface area contributed by atoms with Crippen LogP contribution in [-0.4, -0.2) is 13.1 Å². The van der Waals surface area contributed by atoms with Crippen molar-refractivity contribution in [1.82, 2.24) is 5.32 Å². The molecule has 0 amide bonds. The Balaban J connectivity index is 2.14. The molecule has 0 bridgehead atoms. The fourth-order valence-corrected chi connectivity index (χ4v) is 3.96. The fraction of sp³-hybridized carbons (Fsp3) is 0.684. The Bertz CT molecular complexity index is 406. The number of hydrogen-bond acceptors (Lipinski definition) is 1. The summed E-state index contributed by atoms with van der Waals surface area (Å²) >= 11 is 0. The lowest BCUT2D eigenvalue weighted by Crippen LogP contribution is -2.29. The van der Waals surface area contributed by atoms with Crippen LogP contribution in [0.25, 0.3) is 0 Å². The smallest absolute Gasteiger partial charge is 0.00148 e. The molecule has 1 nitrogen and oxygen atoms in total. The van der Waals surface area contributed by atoms with Gasteiger partial charge in [0, 0.05) is 0 Å². The first kappa shape index (κ1) is 15.6. The summed E-state index contributed by atoms with van der Waals surface area (Å²) in [7, 11) is 0. The lowest BCUT2D eigenvalue weighted by atomic mass is 9.83. The normalized spacial score (nSPS) is 17.6. The van der Waals surface area contributed by atoms with E-state index >= 15 is 0 Å². The van der Waals surface area contributed by atoms with Crippen molar-refractivity contribution in [2.24, 2.45) is 11.8 Å². The summed E-state index contributed by atoms with van der Waals surface area (Å²) in [6.45, 7) is 11.3. The van der Waals surface area contributed by atoms with Gasteiger partial charge in [0.15, 0.2) is 0 Å². The summed E-state index contributed by atoms with van der Waals surface area (Å²) in [5.41, 5.74) is 5.97. The van der Waals surface area contributed by atoms with E-state index in [0.717, 1.165) is 18.4 Å². The molecule has 1 atom stereocenters. The molecule has 1 heteroatoms. The van der Waals surface area contributed by atoms with Crippen LogP contribution < -0.4 is 5.32 Å². The van der Waals surface area contributed by atoms with Gasteiger partial charge in [-0.3, -0.25) is 0 Å². The molecule has 1 aliphatic rings. The summed E-state index contributed by atoms with van der Waals surface area (Å²) in [5, 5.41) is 3.60. The van der Waals surface area contributed by atoms with Gasteiger partial charge in [-0.25, -0.2) is 0 Å². The van der Waals surface area contributed by atoms with Crippen molar-refractivity contribution < 1.29 is 0 Å². The van der Waals surface area contributed by atoms with Gasteiger partial charge in [0.05, 0.1) is 0 Å². The predicted molar refractivity (Wildman–Crippen MR) is 88.3 cm³/mol. The molecule has 1 unspecified atom stereocenters. The third kappa shape index (κ3) is 3.85. The Morgan fingerprint density at radius 3 is 2.25 bits per heavy atom. The maximum atomic E-state index is 3.60. The average Bonchev–Trinajstić information content (AvgIpc) is 2.91. The van der Waals surface area contributed by atoms with Crippen LogP contribution in [0.2, 0.25) is 0 Å². The summed E-state index contributed by atoms with van der Waals surface area (Å²) in [6.07, 6.45) is 7.04. The zero-order valence-corrected chi connectivity index (χ0v) is 13.8. The molecular weight excluding hydrogens is 242 g/mol. The van der Waals surface area contributed by atoms with E-state index in [9.17, 15) is 0 Å². The second-order valence-electron chi connectivity index (χ2n) is 6.69. The topological polar surface area (TPSA) is 12.0 Å². The van der Waals surface area contributed by atoms with Crippen LogP contribution in [0.3, 0.4) is 0 Å². The molecule has 1 fully saturated rings. The zero-order valence-electron chi connectivity index (χ0n) is 13.8. The van der Waals surface area contributed by atoms with Gasteiger partial charge in [-0.1, -0.05) is 50.3 Å². The van der Waals surface area contributed by atoms with E-state index in [4.69, 9.17) is 0 Å². The maximum Gasteiger partial charge on any atom is -0.00148 e. The minimum atomic E-state index is 0.817. The maximum absolute atomic E-state index is 3.60. The van der Waals surface area contributed by atoms with E-state index in [1.54, 1.807) is 5.56 Å². The molecule has 2 rings (SSSR count). The minimum Gasteiger partial charge on any atom is -0.317 e. The highest BCUT2D eigenvalue weighted by Crippen LogP contribution is 2.34. The van der Waals surface area contributed by atoms with Crippen molar-refractivity contribution in [3.63, 3.8) is 0 Å².